The molecule has 2 aromatic heterocycles. The molecule has 0 aromatic carbocycles. The van der Waals surface area contributed by atoms with Crippen molar-refractivity contribution in [1.82, 2.24) is 24.5 Å². The van der Waals surface area contributed by atoms with Crippen molar-refractivity contribution in [1.29, 1.82) is 0 Å². The Morgan fingerprint density at radius 2 is 2.17 bits per heavy atom. The van der Waals surface area contributed by atoms with Gasteiger partial charge in [-0.25, -0.2) is 9.50 Å². The summed E-state index contributed by atoms with van der Waals surface area (Å²) >= 11 is 1.25. The number of hydrogen-bond donors (Lipinski definition) is 0. The molecule has 1 amide bonds. The molecule has 2 saturated heterocycles. The quantitative estimate of drug-likeness (QED) is 0.266. The number of amides is 1. The number of carbonyl (C=O) groups is 2. The summed E-state index contributed by atoms with van der Waals surface area (Å²) in [6.45, 7) is 1.20. The van der Waals surface area contributed by atoms with E-state index in [4.69, 9.17) is 9.47 Å². The van der Waals surface area contributed by atoms with Crippen molar-refractivity contribution in [2.24, 2.45) is 0 Å². The molecule has 30 heavy (non-hydrogen) atoms. The van der Waals surface area contributed by atoms with Gasteiger partial charge < -0.3 is 19.4 Å². The van der Waals surface area contributed by atoms with E-state index in [1.165, 1.54) is 22.1 Å². The number of aliphatic carboxylic acids is 1. The summed E-state index contributed by atoms with van der Waals surface area (Å²) < 4.78 is 13.3. The molecule has 148 valence electrons. The zero-order valence-corrected chi connectivity index (χ0v) is 18.8. The van der Waals surface area contributed by atoms with Crippen LogP contribution in [0.15, 0.2) is 22.9 Å². The van der Waals surface area contributed by atoms with E-state index in [0.29, 0.717) is 36.8 Å². The largest absolute Gasteiger partial charge is 1.00 e. The maximum atomic E-state index is 12.4. The molecule has 5 heterocycles. The number of ether oxygens (including phenoxy) is 2. The van der Waals surface area contributed by atoms with Gasteiger partial charge in [-0.2, -0.15) is 4.98 Å². The van der Waals surface area contributed by atoms with Gasteiger partial charge in [-0.15, -0.1) is 16.9 Å². The molecular weight excluding hydrogens is 421 g/mol. The number of aromatic nitrogens is 4. The van der Waals surface area contributed by atoms with Crippen LogP contribution in [0.25, 0.3) is 11.9 Å². The van der Waals surface area contributed by atoms with Crippen LogP contribution >= 0.6 is 11.8 Å². The van der Waals surface area contributed by atoms with E-state index in [0.717, 1.165) is 24.1 Å². The number of carboxylic acids is 1. The van der Waals surface area contributed by atoms with Crippen LogP contribution in [0.2, 0.25) is 0 Å². The molecule has 1 atom stereocenters. The summed E-state index contributed by atoms with van der Waals surface area (Å²) in [5, 5.41) is 16.7. The summed E-state index contributed by atoms with van der Waals surface area (Å²) in [6.07, 6.45) is 5.45. The molecule has 0 N–H and O–H groups in total. The molecule has 1 spiro atoms. The second-order valence-electron chi connectivity index (χ2n) is 7.25. The monoisotopic (exact) mass is 435 g/mol. The Bertz CT molecular complexity index is 1160. The SMILES string of the molecule is O=C([O-])C1=CS[C@@H]2/C(=C\c3nc4ncc5c(n4n3)CCC3(C5)OCCO3)C(=O)N12.[Na+]. The standard InChI is InChI=1S/C18H15N5O5S.Na/c24-14-10(15-22(14)12(8-29-15)16(25)26)5-13-20-17-19-7-9-6-18(27-3-4-28-18)2-1-11(9)23(17)21-13;/h5,7-8,15H,1-4,6H2,(H,25,26);/q;+1/p-1/b10-5-;/t15-;/m1./s1. The minimum Gasteiger partial charge on any atom is -0.543 e. The molecule has 0 radical (unpaired) electrons. The topological polar surface area (TPSA) is 122 Å². The smallest absolute Gasteiger partial charge is 0.543 e. The molecule has 6 rings (SSSR count). The van der Waals surface area contributed by atoms with Gasteiger partial charge in [-0.3, -0.25) is 9.69 Å². The molecule has 0 bridgehead atoms. The number of thioether (sulfide) groups is 1. The summed E-state index contributed by atoms with van der Waals surface area (Å²) in [7, 11) is 0. The van der Waals surface area contributed by atoms with E-state index in [2.05, 4.69) is 15.1 Å². The van der Waals surface area contributed by atoms with Gasteiger partial charge in [0.15, 0.2) is 11.6 Å². The molecule has 10 nitrogen and oxygen atoms in total. The molecule has 0 unspecified atom stereocenters. The van der Waals surface area contributed by atoms with Crippen LogP contribution in [0.1, 0.15) is 23.5 Å². The Morgan fingerprint density at radius 1 is 1.37 bits per heavy atom. The average molecular weight is 435 g/mol. The zero-order chi connectivity index (χ0) is 19.8. The fraction of sp³-hybridized carbons (Fsp3) is 0.389. The Morgan fingerprint density at radius 3 is 2.93 bits per heavy atom. The summed E-state index contributed by atoms with van der Waals surface area (Å²) in [6, 6.07) is 0. The van der Waals surface area contributed by atoms with E-state index >= 15 is 0 Å². The number of fused-ring (bicyclic) bond motifs is 4. The van der Waals surface area contributed by atoms with E-state index in [1.54, 1.807) is 16.8 Å². The van der Waals surface area contributed by atoms with Crippen LogP contribution < -0.4 is 34.7 Å². The number of β-lactam (4-membered cyclic amide) rings is 1. The van der Waals surface area contributed by atoms with Crippen molar-refractivity contribution in [2.75, 3.05) is 13.2 Å². The van der Waals surface area contributed by atoms with Crippen molar-refractivity contribution in [2.45, 2.75) is 30.4 Å². The third kappa shape index (κ3) is 2.88. The van der Waals surface area contributed by atoms with Crippen molar-refractivity contribution >= 4 is 35.5 Å². The first-order chi connectivity index (χ1) is 14.0. The van der Waals surface area contributed by atoms with E-state index in [-0.39, 0.29) is 46.5 Å². The maximum absolute atomic E-state index is 12.4. The van der Waals surface area contributed by atoms with Gasteiger partial charge in [-0.1, -0.05) is 0 Å². The molecule has 4 aliphatic rings. The van der Waals surface area contributed by atoms with Crippen LogP contribution in [0, 0.1) is 0 Å². The van der Waals surface area contributed by atoms with E-state index in [9.17, 15) is 14.7 Å². The second-order valence-corrected chi connectivity index (χ2v) is 8.20. The van der Waals surface area contributed by atoms with Gasteiger partial charge in [0.1, 0.15) is 5.37 Å². The molecule has 3 aliphatic heterocycles. The van der Waals surface area contributed by atoms with Crippen LogP contribution in [0.4, 0.5) is 0 Å². The van der Waals surface area contributed by atoms with Crippen molar-refractivity contribution in [3.63, 3.8) is 0 Å². The predicted molar refractivity (Wildman–Crippen MR) is 96.7 cm³/mol. The molecular formula is C18H14N5NaO5S. The van der Waals surface area contributed by atoms with Crippen molar-refractivity contribution < 1.29 is 53.7 Å². The zero-order valence-electron chi connectivity index (χ0n) is 16.0. The number of rotatable bonds is 2. The van der Waals surface area contributed by atoms with Gasteiger partial charge in [0, 0.05) is 19.0 Å². The van der Waals surface area contributed by atoms with Crippen LogP contribution in [0.3, 0.4) is 0 Å². The fourth-order valence-electron chi connectivity index (χ4n) is 4.23. The van der Waals surface area contributed by atoms with Crippen LogP contribution in [-0.4, -0.2) is 60.7 Å². The molecule has 2 fully saturated rings. The number of carbonyl (C=O) groups excluding carboxylic acids is 2. The molecule has 0 saturated carbocycles. The third-order valence-corrected chi connectivity index (χ3v) is 6.69. The Labute approximate surface area is 196 Å². The van der Waals surface area contributed by atoms with Gasteiger partial charge in [0.2, 0.25) is 0 Å². The Balaban J connectivity index is 0.00000193. The van der Waals surface area contributed by atoms with Crippen LogP contribution in [0.5, 0.6) is 0 Å². The number of carboxylic acid groups (broad SMARTS) is 1. The first-order valence-electron chi connectivity index (χ1n) is 9.18. The molecule has 1 aliphatic carbocycles. The first-order valence-corrected chi connectivity index (χ1v) is 10.1. The summed E-state index contributed by atoms with van der Waals surface area (Å²) in [5.41, 5.74) is 2.37. The minimum absolute atomic E-state index is 0. The Hall–Kier alpha value is -1.76. The number of nitrogens with zero attached hydrogens (tertiary/aromatic N) is 5. The maximum Gasteiger partial charge on any atom is 1.00 e. The third-order valence-electron chi connectivity index (χ3n) is 5.61. The summed E-state index contributed by atoms with van der Waals surface area (Å²) in [5.74, 6) is -1.47. The van der Waals surface area contributed by atoms with Gasteiger partial charge >= 0.3 is 29.6 Å². The van der Waals surface area contributed by atoms with E-state index in [1.807, 2.05) is 0 Å². The van der Waals surface area contributed by atoms with E-state index < -0.39 is 11.8 Å². The minimum atomic E-state index is -1.36. The van der Waals surface area contributed by atoms with Gasteiger partial charge in [-0.05, 0) is 23.5 Å². The second kappa shape index (κ2) is 7.14. The summed E-state index contributed by atoms with van der Waals surface area (Å²) in [4.78, 5) is 33.5. The molecule has 2 aromatic rings. The molecule has 12 heteroatoms. The normalized spacial score (nSPS) is 25.1. The van der Waals surface area contributed by atoms with Crippen molar-refractivity contribution in [3.8, 4) is 0 Å². The number of hydrogen-bond acceptors (Lipinski definition) is 9. The first kappa shape index (κ1) is 20.2. The average Bonchev–Trinajstić information content (AvgIpc) is 3.42. The van der Waals surface area contributed by atoms with Crippen molar-refractivity contribution in [3.05, 3.63) is 40.0 Å². The van der Waals surface area contributed by atoms with Crippen LogP contribution in [-0.2, 0) is 31.9 Å². The Kier molecular flexibility index (Phi) is 4.80. The van der Waals surface area contributed by atoms with Gasteiger partial charge in [0.25, 0.3) is 11.7 Å². The van der Waals surface area contributed by atoms with Gasteiger partial charge in [0.05, 0.1) is 36.1 Å². The predicted octanol–water partition coefficient (Wildman–Crippen LogP) is -3.75. The fourth-order valence-corrected chi connectivity index (χ4v) is 5.35. The number of aryl methyl sites for hydroxylation is 1.